The molecule has 0 unspecified atom stereocenters. The van der Waals surface area contributed by atoms with Gasteiger partial charge in [0.1, 0.15) is 5.82 Å². The number of likely N-dealkylation sites (tertiary alicyclic amines) is 1. The SMILES string of the molecule is CN=C(NCc1cccc(F)c1)N1CC(C)(C)C1(C)C. The highest BCUT2D eigenvalue weighted by atomic mass is 19.1. The molecule has 1 aromatic rings. The Morgan fingerprint density at radius 2 is 2.05 bits per heavy atom. The van der Waals surface area contributed by atoms with Crippen LogP contribution < -0.4 is 5.32 Å². The molecule has 1 saturated heterocycles. The van der Waals surface area contributed by atoms with Crippen molar-refractivity contribution in [3.05, 3.63) is 35.6 Å². The molecule has 3 nitrogen and oxygen atoms in total. The van der Waals surface area contributed by atoms with Crippen LogP contribution in [0.5, 0.6) is 0 Å². The largest absolute Gasteiger partial charge is 0.352 e. The molecule has 1 heterocycles. The Hall–Kier alpha value is -1.58. The van der Waals surface area contributed by atoms with E-state index in [4.69, 9.17) is 0 Å². The van der Waals surface area contributed by atoms with Crippen LogP contribution in [0.1, 0.15) is 33.3 Å². The fraction of sp³-hybridized carbons (Fsp3) is 0.562. The molecular weight excluding hydrogens is 253 g/mol. The van der Waals surface area contributed by atoms with E-state index in [1.54, 1.807) is 19.2 Å². The van der Waals surface area contributed by atoms with E-state index in [-0.39, 0.29) is 16.8 Å². The first-order valence-corrected chi connectivity index (χ1v) is 7.01. The minimum atomic E-state index is -0.204. The molecule has 2 rings (SSSR count). The molecule has 0 aliphatic carbocycles. The summed E-state index contributed by atoms with van der Waals surface area (Å²) >= 11 is 0. The molecule has 1 aromatic carbocycles. The summed E-state index contributed by atoms with van der Waals surface area (Å²) in [5, 5.41) is 3.32. The zero-order valence-corrected chi connectivity index (χ0v) is 13.0. The van der Waals surface area contributed by atoms with Crippen molar-refractivity contribution in [2.75, 3.05) is 13.6 Å². The number of hydrogen-bond donors (Lipinski definition) is 1. The van der Waals surface area contributed by atoms with Crippen LogP contribution in [0.15, 0.2) is 29.3 Å². The van der Waals surface area contributed by atoms with Crippen LogP contribution in [0.2, 0.25) is 0 Å². The van der Waals surface area contributed by atoms with Crippen molar-refractivity contribution in [3.8, 4) is 0 Å². The van der Waals surface area contributed by atoms with Crippen LogP contribution in [0.3, 0.4) is 0 Å². The highest BCUT2D eigenvalue weighted by Crippen LogP contribution is 2.46. The monoisotopic (exact) mass is 277 g/mol. The van der Waals surface area contributed by atoms with Gasteiger partial charge in [-0.15, -0.1) is 0 Å². The van der Waals surface area contributed by atoms with Gasteiger partial charge in [0.2, 0.25) is 0 Å². The molecular formula is C16H24FN3. The van der Waals surface area contributed by atoms with Gasteiger partial charge >= 0.3 is 0 Å². The highest BCUT2D eigenvalue weighted by Gasteiger charge is 2.53. The van der Waals surface area contributed by atoms with E-state index < -0.39 is 0 Å². The molecule has 4 heteroatoms. The number of nitrogens with zero attached hydrogens (tertiary/aromatic N) is 2. The zero-order chi connectivity index (χ0) is 15.0. The van der Waals surface area contributed by atoms with Crippen LogP contribution in [-0.4, -0.2) is 30.0 Å². The second-order valence-corrected chi connectivity index (χ2v) is 6.56. The summed E-state index contributed by atoms with van der Waals surface area (Å²) in [5.74, 6) is 0.670. The van der Waals surface area contributed by atoms with Crippen LogP contribution in [-0.2, 0) is 6.54 Å². The Balaban J connectivity index is 2.02. The van der Waals surface area contributed by atoms with Crippen molar-refractivity contribution in [1.82, 2.24) is 10.2 Å². The third kappa shape index (κ3) is 2.51. The Bertz CT molecular complexity index is 520. The first-order valence-electron chi connectivity index (χ1n) is 7.01. The van der Waals surface area contributed by atoms with Gasteiger partial charge in [-0.3, -0.25) is 4.99 Å². The predicted octanol–water partition coefficient (Wildman–Crippen LogP) is 3.02. The van der Waals surface area contributed by atoms with Crippen molar-refractivity contribution >= 4 is 5.96 Å². The van der Waals surface area contributed by atoms with Crippen molar-refractivity contribution in [2.45, 2.75) is 39.8 Å². The minimum Gasteiger partial charge on any atom is -0.352 e. The fourth-order valence-electron chi connectivity index (χ4n) is 2.52. The van der Waals surface area contributed by atoms with Crippen molar-refractivity contribution in [2.24, 2.45) is 10.4 Å². The van der Waals surface area contributed by atoms with Gasteiger partial charge in [0.05, 0.1) is 0 Å². The average molecular weight is 277 g/mol. The molecule has 0 amide bonds. The second-order valence-electron chi connectivity index (χ2n) is 6.56. The van der Waals surface area contributed by atoms with Crippen molar-refractivity contribution < 1.29 is 4.39 Å². The maximum Gasteiger partial charge on any atom is 0.194 e. The second kappa shape index (κ2) is 5.08. The van der Waals surface area contributed by atoms with Crippen LogP contribution in [0, 0.1) is 11.2 Å². The van der Waals surface area contributed by atoms with Gasteiger partial charge in [-0.2, -0.15) is 0 Å². The quantitative estimate of drug-likeness (QED) is 0.664. The van der Waals surface area contributed by atoms with Crippen LogP contribution in [0.4, 0.5) is 4.39 Å². The molecule has 0 bridgehead atoms. The topological polar surface area (TPSA) is 27.6 Å². The number of nitrogens with one attached hydrogen (secondary N) is 1. The molecule has 0 aromatic heterocycles. The van der Waals surface area contributed by atoms with E-state index in [0.29, 0.717) is 6.54 Å². The molecule has 1 aliphatic rings. The number of rotatable bonds is 2. The maximum absolute atomic E-state index is 13.2. The lowest BCUT2D eigenvalue weighted by Crippen LogP contribution is -2.72. The molecule has 110 valence electrons. The Morgan fingerprint density at radius 3 is 2.55 bits per heavy atom. The summed E-state index contributed by atoms with van der Waals surface area (Å²) in [6.45, 7) is 10.5. The molecule has 0 radical (unpaired) electrons. The lowest BCUT2D eigenvalue weighted by Gasteiger charge is -2.62. The van der Waals surface area contributed by atoms with Gasteiger partial charge in [-0.25, -0.2) is 4.39 Å². The highest BCUT2D eigenvalue weighted by molar-refractivity contribution is 5.82. The molecule has 0 spiro atoms. The Morgan fingerprint density at radius 1 is 1.35 bits per heavy atom. The summed E-state index contributed by atoms with van der Waals surface area (Å²) in [6, 6.07) is 6.64. The van der Waals surface area contributed by atoms with Crippen LogP contribution in [0.25, 0.3) is 0 Å². The number of hydrogen-bond acceptors (Lipinski definition) is 1. The van der Waals surface area contributed by atoms with E-state index in [9.17, 15) is 4.39 Å². The van der Waals surface area contributed by atoms with E-state index in [2.05, 4.69) is 42.9 Å². The van der Waals surface area contributed by atoms with E-state index >= 15 is 0 Å². The fourth-order valence-corrected chi connectivity index (χ4v) is 2.52. The van der Waals surface area contributed by atoms with Gasteiger partial charge in [0.15, 0.2) is 5.96 Å². The van der Waals surface area contributed by atoms with E-state index in [0.717, 1.165) is 18.1 Å². The molecule has 1 N–H and O–H groups in total. The lowest BCUT2D eigenvalue weighted by molar-refractivity contribution is -0.0667. The number of guanidine groups is 1. The zero-order valence-electron chi connectivity index (χ0n) is 13.0. The Kier molecular flexibility index (Phi) is 3.76. The maximum atomic E-state index is 13.2. The predicted molar refractivity (Wildman–Crippen MR) is 81.2 cm³/mol. The van der Waals surface area contributed by atoms with Gasteiger partial charge in [0, 0.05) is 31.1 Å². The van der Waals surface area contributed by atoms with Gasteiger partial charge < -0.3 is 10.2 Å². The number of halogens is 1. The smallest absolute Gasteiger partial charge is 0.194 e. The minimum absolute atomic E-state index is 0.0663. The molecule has 1 fully saturated rings. The van der Waals surface area contributed by atoms with Crippen molar-refractivity contribution in [3.63, 3.8) is 0 Å². The van der Waals surface area contributed by atoms with E-state index in [1.807, 2.05) is 6.07 Å². The van der Waals surface area contributed by atoms with Crippen molar-refractivity contribution in [1.29, 1.82) is 0 Å². The standard InChI is InChI=1S/C16H24FN3/c1-15(2)11-20(16(15,3)4)14(18-5)19-10-12-7-6-8-13(17)9-12/h6-9H,10-11H2,1-5H3,(H,18,19). The number of aliphatic imine (C=N–C) groups is 1. The summed E-state index contributed by atoms with van der Waals surface area (Å²) in [6.07, 6.45) is 0. The molecule has 0 saturated carbocycles. The number of benzene rings is 1. The normalized spacial score (nSPS) is 20.5. The third-order valence-corrected chi connectivity index (χ3v) is 4.69. The molecule has 20 heavy (non-hydrogen) atoms. The van der Waals surface area contributed by atoms with E-state index in [1.165, 1.54) is 6.07 Å². The summed E-state index contributed by atoms with van der Waals surface area (Å²) in [7, 11) is 1.79. The Labute approximate surface area is 120 Å². The molecule has 1 aliphatic heterocycles. The third-order valence-electron chi connectivity index (χ3n) is 4.69. The average Bonchev–Trinajstić information content (AvgIpc) is 2.38. The summed E-state index contributed by atoms with van der Waals surface area (Å²) in [5.41, 5.74) is 1.25. The van der Waals surface area contributed by atoms with Crippen LogP contribution >= 0.6 is 0 Å². The van der Waals surface area contributed by atoms with Gasteiger partial charge in [-0.1, -0.05) is 26.0 Å². The summed E-state index contributed by atoms with van der Waals surface area (Å²) < 4.78 is 13.2. The lowest BCUT2D eigenvalue weighted by atomic mass is 9.65. The first-order chi connectivity index (χ1) is 9.28. The van der Waals surface area contributed by atoms with Gasteiger partial charge in [0.25, 0.3) is 0 Å². The van der Waals surface area contributed by atoms with Gasteiger partial charge in [-0.05, 0) is 31.5 Å². The summed E-state index contributed by atoms with van der Waals surface area (Å²) in [4.78, 5) is 6.62. The first kappa shape index (κ1) is 14.8. The molecule has 0 atom stereocenters.